The molecule has 0 aliphatic heterocycles. The van der Waals surface area contributed by atoms with Crippen LogP contribution in [0.25, 0.3) is 0 Å². The van der Waals surface area contributed by atoms with E-state index in [1.807, 2.05) is 18.2 Å². The number of unbranched alkanes of at least 4 members (excludes halogenated alkanes) is 1. The molecule has 1 aromatic carbocycles. The minimum absolute atomic E-state index is 0.117. The number of nitrogens with one attached hydrogen (secondary N) is 1. The van der Waals surface area contributed by atoms with E-state index in [1.165, 1.54) is 5.56 Å². The Labute approximate surface area is 131 Å². The molecule has 0 unspecified atom stereocenters. The number of carboxylic acid groups (broad SMARTS) is 1. The van der Waals surface area contributed by atoms with Gasteiger partial charge in [-0.1, -0.05) is 43.2 Å². The molecule has 1 fully saturated rings. The largest absolute Gasteiger partial charge is 0.550 e. The molecule has 120 valence electrons. The minimum Gasteiger partial charge on any atom is -0.550 e. The molecule has 2 atom stereocenters. The number of hydrogen-bond donors (Lipinski definition) is 1. The maximum absolute atomic E-state index is 12.1. The summed E-state index contributed by atoms with van der Waals surface area (Å²) in [6.45, 7) is 0.613. The summed E-state index contributed by atoms with van der Waals surface area (Å²) in [5, 5.41) is 14.0. The molecule has 1 saturated carbocycles. The van der Waals surface area contributed by atoms with Gasteiger partial charge in [-0.15, -0.1) is 0 Å². The highest BCUT2D eigenvalue weighted by atomic mass is 16.4. The molecule has 4 heteroatoms. The first-order valence-electron chi connectivity index (χ1n) is 8.21. The van der Waals surface area contributed by atoms with E-state index < -0.39 is 17.8 Å². The zero-order chi connectivity index (χ0) is 15.8. The van der Waals surface area contributed by atoms with Crippen molar-refractivity contribution in [2.24, 2.45) is 11.8 Å². The van der Waals surface area contributed by atoms with Crippen LogP contribution in [0, 0.1) is 11.8 Å². The average Bonchev–Trinajstić information content (AvgIpc) is 2.55. The highest BCUT2D eigenvalue weighted by molar-refractivity contribution is 5.84. The van der Waals surface area contributed by atoms with E-state index in [1.54, 1.807) is 0 Å². The Morgan fingerprint density at radius 2 is 1.73 bits per heavy atom. The van der Waals surface area contributed by atoms with Gasteiger partial charge in [-0.2, -0.15) is 0 Å². The first-order chi connectivity index (χ1) is 10.7. The van der Waals surface area contributed by atoms with Gasteiger partial charge in [0.25, 0.3) is 0 Å². The van der Waals surface area contributed by atoms with Crippen LogP contribution in [0.3, 0.4) is 0 Å². The molecule has 1 amide bonds. The molecule has 4 nitrogen and oxygen atoms in total. The van der Waals surface area contributed by atoms with Crippen LogP contribution in [0.2, 0.25) is 0 Å². The second kappa shape index (κ2) is 8.57. The van der Waals surface area contributed by atoms with Gasteiger partial charge in [-0.25, -0.2) is 0 Å². The zero-order valence-electron chi connectivity index (χ0n) is 12.9. The number of aliphatic carboxylic acids is 1. The van der Waals surface area contributed by atoms with E-state index in [9.17, 15) is 14.7 Å². The molecule has 1 N–H and O–H groups in total. The van der Waals surface area contributed by atoms with Gasteiger partial charge in [0.15, 0.2) is 0 Å². The highest BCUT2D eigenvalue weighted by Gasteiger charge is 2.31. The van der Waals surface area contributed by atoms with Crippen molar-refractivity contribution >= 4 is 11.9 Å². The molecular formula is C18H24NO3-. The summed E-state index contributed by atoms with van der Waals surface area (Å²) in [7, 11) is 0. The quantitative estimate of drug-likeness (QED) is 0.779. The molecule has 0 bridgehead atoms. The topological polar surface area (TPSA) is 69.2 Å². The Bertz CT molecular complexity index is 486. The first-order valence-corrected chi connectivity index (χ1v) is 8.21. The van der Waals surface area contributed by atoms with Crippen molar-refractivity contribution in [2.45, 2.75) is 44.9 Å². The number of hydrogen-bond acceptors (Lipinski definition) is 3. The summed E-state index contributed by atoms with van der Waals surface area (Å²) >= 11 is 0. The fourth-order valence-electron chi connectivity index (χ4n) is 3.17. The van der Waals surface area contributed by atoms with E-state index in [0.29, 0.717) is 19.4 Å². The van der Waals surface area contributed by atoms with E-state index >= 15 is 0 Å². The maximum atomic E-state index is 12.1. The van der Waals surface area contributed by atoms with E-state index in [2.05, 4.69) is 17.4 Å². The van der Waals surface area contributed by atoms with Gasteiger partial charge < -0.3 is 15.2 Å². The summed E-state index contributed by atoms with van der Waals surface area (Å²) in [5.74, 6) is -2.22. The standard InChI is InChI=1S/C18H25NO3/c20-17(15-11-4-5-12-16(15)18(21)22)19-13-7-6-10-14-8-2-1-3-9-14/h1-3,8-9,15-16H,4-7,10-13H2,(H,19,20)(H,21,22)/p-1/t15-,16-/m0/s1. The summed E-state index contributed by atoms with van der Waals surface area (Å²) in [6.07, 6.45) is 5.95. The molecule has 0 heterocycles. The van der Waals surface area contributed by atoms with E-state index in [0.717, 1.165) is 32.1 Å². The van der Waals surface area contributed by atoms with Crippen LogP contribution in [0.1, 0.15) is 44.1 Å². The third-order valence-corrected chi connectivity index (χ3v) is 4.44. The normalized spacial score (nSPS) is 21.3. The maximum Gasteiger partial charge on any atom is 0.223 e. The number of carbonyl (C=O) groups is 2. The monoisotopic (exact) mass is 302 g/mol. The lowest BCUT2D eigenvalue weighted by atomic mass is 9.78. The molecule has 2 rings (SSSR count). The lowest BCUT2D eigenvalue weighted by molar-refractivity contribution is -0.314. The molecule has 0 aromatic heterocycles. The third-order valence-electron chi connectivity index (χ3n) is 4.44. The molecule has 22 heavy (non-hydrogen) atoms. The average molecular weight is 302 g/mol. The molecule has 1 aliphatic carbocycles. The Kier molecular flexibility index (Phi) is 6.44. The van der Waals surface area contributed by atoms with Gasteiger partial charge in [0.05, 0.1) is 0 Å². The van der Waals surface area contributed by atoms with Gasteiger partial charge in [-0.05, 0) is 37.7 Å². The molecular weight excluding hydrogens is 278 g/mol. The molecule has 1 aliphatic rings. The van der Waals surface area contributed by atoms with Crippen LogP contribution in [-0.2, 0) is 16.0 Å². The van der Waals surface area contributed by atoms with Crippen LogP contribution < -0.4 is 10.4 Å². The van der Waals surface area contributed by atoms with Crippen molar-refractivity contribution in [3.63, 3.8) is 0 Å². The fraction of sp³-hybridized carbons (Fsp3) is 0.556. The van der Waals surface area contributed by atoms with Crippen molar-refractivity contribution in [3.05, 3.63) is 35.9 Å². The smallest absolute Gasteiger partial charge is 0.223 e. The minimum atomic E-state index is -1.08. The van der Waals surface area contributed by atoms with Crippen LogP contribution in [0.4, 0.5) is 0 Å². The number of amides is 1. The Balaban J connectivity index is 1.67. The van der Waals surface area contributed by atoms with Gasteiger partial charge in [0.1, 0.15) is 0 Å². The van der Waals surface area contributed by atoms with Crippen LogP contribution in [0.5, 0.6) is 0 Å². The second-order valence-corrected chi connectivity index (χ2v) is 6.05. The van der Waals surface area contributed by atoms with Crippen molar-refractivity contribution in [1.82, 2.24) is 5.32 Å². The number of carboxylic acids is 1. The Hall–Kier alpha value is -1.84. The Morgan fingerprint density at radius 1 is 1.05 bits per heavy atom. The predicted molar refractivity (Wildman–Crippen MR) is 82.8 cm³/mol. The zero-order valence-corrected chi connectivity index (χ0v) is 12.9. The predicted octanol–water partition coefficient (Wildman–Crippen LogP) is 1.68. The van der Waals surface area contributed by atoms with Crippen molar-refractivity contribution in [3.8, 4) is 0 Å². The number of rotatable bonds is 7. The second-order valence-electron chi connectivity index (χ2n) is 6.05. The van der Waals surface area contributed by atoms with Crippen molar-refractivity contribution < 1.29 is 14.7 Å². The molecule has 0 spiro atoms. The van der Waals surface area contributed by atoms with E-state index in [4.69, 9.17) is 0 Å². The van der Waals surface area contributed by atoms with Crippen LogP contribution in [-0.4, -0.2) is 18.4 Å². The SMILES string of the molecule is O=C([O-])[C@H]1CCCC[C@@H]1C(=O)NCCCCc1ccccc1. The van der Waals surface area contributed by atoms with Crippen molar-refractivity contribution in [1.29, 1.82) is 0 Å². The fourth-order valence-corrected chi connectivity index (χ4v) is 3.17. The summed E-state index contributed by atoms with van der Waals surface area (Å²) in [5.41, 5.74) is 1.30. The highest BCUT2D eigenvalue weighted by Crippen LogP contribution is 2.29. The summed E-state index contributed by atoms with van der Waals surface area (Å²) < 4.78 is 0. The number of aryl methyl sites for hydroxylation is 1. The first kappa shape index (κ1) is 16.5. The van der Waals surface area contributed by atoms with Gasteiger partial charge in [0, 0.05) is 24.3 Å². The Morgan fingerprint density at radius 3 is 2.41 bits per heavy atom. The number of benzene rings is 1. The molecule has 0 saturated heterocycles. The van der Waals surface area contributed by atoms with Crippen LogP contribution >= 0.6 is 0 Å². The van der Waals surface area contributed by atoms with Gasteiger partial charge >= 0.3 is 0 Å². The lowest BCUT2D eigenvalue weighted by Gasteiger charge is -2.31. The van der Waals surface area contributed by atoms with Crippen molar-refractivity contribution in [2.75, 3.05) is 6.54 Å². The van der Waals surface area contributed by atoms with Gasteiger partial charge in [-0.3, -0.25) is 4.79 Å². The summed E-state index contributed by atoms with van der Waals surface area (Å²) in [4.78, 5) is 23.3. The summed E-state index contributed by atoms with van der Waals surface area (Å²) in [6, 6.07) is 10.3. The van der Waals surface area contributed by atoms with Crippen LogP contribution in [0.15, 0.2) is 30.3 Å². The number of carbonyl (C=O) groups excluding carboxylic acids is 2. The lowest BCUT2D eigenvalue weighted by Crippen LogP contribution is -2.44. The molecule has 0 radical (unpaired) electrons. The third kappa shape index (κ3) is 4.86. The van der Waals surface area contributed by atoms with Gasteiger partial charge in [0.2, 0.25) is 5.91 Å². The molecule has 1 aromatic rings. The van der Waals surface area contributed by atoms with E-state index in [-0.39, 0.29) is 5.91 Å².